The van der Waals surface area contributed by atoms with Gasteiger partial charge in [-0.3, -0.25) is 19.7 Å². The summed E-state index contributed by atoms with van der Waals surface area (Å²) in [5.41, 5.74) is 3.19. The minimum Gasteiger partial charge on any atom is -0.493 e. The molecular weight excluding hydrogens is 527 g/mol. The van der Waals surface area contributed by atoms with Gasteiger partial charge in [0.15, 0.2) is 11.5 Å². The van der Waals surface area contributed by atoms with Crippen LogP contribution in [0.3, 0.4) is 0 Å². The minimum absolute atomic E-state index is 0.0902. The molecule has 0 unspecified atom stereocenters. The normalized spacial score (nSPS) is 10.9. The van der Waals surface area contributed by atoms with E-state index in [-0.39, 0.29) is 33.5 Å². The van der Waals surface area contributed by atoms with Gasteiger partial charge in [-0.25, -0.2) is 10.2 Å². The van der Waals surface area contributed by atoms with Crippen LogP contribution < -0.4 is 20.2 Å². The largest absolute Gasteiger partial charge is 0.493 e. The Balaban J connectivity index is 1.66. The number of non-ortho nitro benzene ring substituents is 1. The summed E-state index contributed by atoms with van der Waals surface area (Å²) >= 11 is 11.7. The number of anilines is 1. The third-order valence-electron chi connectivity index (χ3n) is 4.81. The average Bonchev–Trinajstić information content (AvgIpc) is 2.89. The van der Waals surface area contributed by atoms with E-state index in [0.29, 0.717) is 16.3 Å². The number of halogens is 2. The van der Waals surface area contributed by atoms with Crippen molar-refractivity contribution in [3.8, 4) is 11.5 Å². The van der Waals surface area contributed by atoms with Crippen LogP contribution in [0, 0.1) is 10.1 Å². The Morgan fingerprint density at radius 2 is 1.57 bits per heavy atom. The molecule has 0 heterocycles. The molecule has 0 bridgehead atoms. The van der Waals surface area contributed by atoms with Crippen LogP contribution in [-0.4, -0.2) is 35.5 Å². The second-order valence-electron chi connectivity index (χ2n) is 7.28. The zero-order valence-corrected chi connectivity index (χ0v) is 20.8. The van der Waals surface area contributed by atoms with Crippen LogP contribution in [0.1, 0.15) is 22.8 Å². The third kappa shape index (κ3) is 7.03. The van der Waals surface area contributed by atoms with Crippen molar-refractivity contribution in [1.82, 2.24) is 5.43 Å². The number of nitro benzene ring substituents is 1. The highest BCUT2D eigenvalue weighted by Gasteiger charge is 2.17. The first-order valence-electron chi connectivity index (χ1n) is 10.3. The van der Waals surface area contributed by atoms with Crippen LogP contribution in [0.2, 0.25) is 10.0 Å². The summed E-state index contributed by atoms with van der Waals surface area (Å²) in [6, 6.07) is 13.8. The lowest BCUT2D eigenvalue weighted by Crippen LogP contribution is -2.32. The highest BCUT2D eigenvalue weighted by molar-refractivity contribution is 6.43. The molecule has 190 valence electrons. The molecule has 0 saturated carbocycles. The number of carbonyl (C=O) groups is 3. The monoisotopic (exact) mass is 544 g/mol. The number of amides is 2. The highest BCUT2D eigenvalue weighted by atomic mass is 35.5. The van der Waals surface area contributed by atoms with Crippen LogP contribution in [0.25, 0.3) is 0 Å². The van der Waals surface area contributed by atoms with Gasteiger partial charge in [-0.2, -0.15) is 5.10 Å². The van der Waals surface area contributed by atoms with E-state index in [9.17, 15) is 24.5 Å². The molecule has 0 spiro atoms. The van der Waals surface area contributed by atoms with E-state index < -0.39 is 22.7 Å². The van der Waals surface area contributed by atoms with Gasteiger partial charge in [-0.05, 0) is 55.5 Å². The van der Waals surface area contributed by atoms with Crippen molar-refractivity contribution in [2.75, 3.05) is 12.4 Å². The highest BCUT2D eigenvalue weighted by Crippen LogP contribution is 2.29. The second kappa shape index (κ2) is 12.0. The summed E-state index contributed by atoms with van der Waals surface area (Å²) in [4.78, 5) is 46.8. The standard InChI is InChI=1S/C24H18Cl2N4O7/c1-13(28-29-23(32)22(31)27-16-6-9-18(25)19(26)12-16)15-5-10-20(21(11-15)36-2)37-24(33)14-3-7-17(8-4-14)30(34)35/h3-12H,1-2H3,(H,27,31)(H,29,32). The van der Waals surface area contributed by atoms with Gasteiger partial charge in [0.1, 0.15) is 0 Å². The fraction of sp³-hybridized carbons (Fsp3) is 0.0833. The fourth-order valence-electron chi connectivity index (χ4n) is 2.87. The van der Waals surface area contributed by atoms with Crippen molar-refractivity contribution in [2.24, 2.45) is 5.10 Å². The quantitative estimate of drug-likeness (QED) is 0.110. The molecule has 0 fully saturated rings. The van der Waals surface area contributed by atoms with Crippen molar-refractivity contribution < 1.29 is 28.8 Å². The smallest absolute Gasteiger partial charge is 0.343 e. The van der Waals surface area contributed by atoms with E-state index in [2.05, 4.69) is 15.8 Å². The van der Waals surface area contributed by atoms with Gasteiger partial charge in [0.05, 0.1) is 33.4 Å². The molecule has 3 rings (SSSR count). The van der Waals surface area contributed by atoms with Crippen LogP contribution in [-0.2, 0) is 9.59 Å². The lowest BCUT2D eigenvalue weighted by Gasteiger charge is -2.11. The van der Waals surface area contributed by atoms with Crippen molar-refractivity contribution >= 4 is 58.1 Å². The van der Waals surface area contributed by atoms with E-state index in [4.69, 9.17) is 32.7 Å². The van der Waals surface area contributed by atoms with Gasteiger partial charge in [-0.15, -0.1) is 0 Å². The Morgan fingerprint density at radius 3 is 2.19 bits per heavy atom. The number of nitrogens with zero attached hydrogens (tertiary/aromatic N) is 2. The molecule has 2 N–H and O–H groups in total. The van der Waals surface area contributed by atoms with E-state index in [0.717, 1.165) is 0 Å². The maximum absolute atomic E-state index is 12.4. The van der Waals surface area contributed by atoms with Gasteiger partial charge in [0.25, 0.3) is 5.69 Å². The number of esters is 1. The Hall–Kier alpha value is -4.48. The van der Waals surface area contributed by atoms with Gasteiger partial charge in [-0.1, -0.05) is 23.2 Å². The first kappa shape index (κ1) is 27.1. The number of hydrogen-bond donors (Lipinski definition) is 2. The maximum Gasteiger partial charge on any atom is 0.343 e. The van der Waals surface area contributed by atoms with Crippen molar-refractivity contribution in [3.63, 3.8) is 0 Å². The van der Waals surface area contributed by atoms with Gasteiger partial charge in [0.2, 0.25) is 0 Å². The SMILES string of the molecule is COc1cc(C(C)=NNC(=O)C(=O)Nc2ccc(Cl)c(Cl)c2)ccc1OC(=O)c1ccc([N+](=O)[O-])cc1. The molecular formula is C24H18Cl2N4O7. The van der Waals surface area contributed by atoms with E-state index in [1.54, 1.807) is 13.0 Å². The van der Waals surface area contributed by atoms with Crippen molar-refractivity contribution in [3.05, 3.63) is 92.0 Å². The van der Waals surface area contributed by atoms with E-state index in [1.807, 2.05) is 0 Å². The number of ether oxygens (including phenoxy) is 2. The first-order valence-corrected chi connectivity index (χ1v) is 11.1. The van der Waals surface area contributed by atoms with E-state index in [1.165, 1.54) is 61.7 Å². The van der Waals surface area contributed by atoms with Crippen LogP contribution >= 0.6 is 23.2 Å². The number of hydrazone groups is 1. The van der Waals surface area contributed by atoms with Crippen LogP contribution in [0.15, 0.2) is 65.8 Å². The molecule has 0 aliphatic heterocycles. The second-order valence-corrected chi connectivity index (χ2v) is 8.09. The number of nitrogens with one attached hydrogen (secondary N) is 2. The Morgan fingerprint density at radius 1 is 0.892 bits per heavy atom. The Bertz CT molecular complexity index is 1410. The molecule has 11 nitrogen and oxygen atoms in total. The van der Waals surface area contributed by atoms with Crippen LogP contribution in [0.5, 0.6) is 11.5 Å². The lowest BCUT2D eigenvalue weighted by molar-refractivity contribution is -0.384. The first-order chi connectivity index (χ1) is 17.6. The molecule has 0 aromatic heterocycles. The van der Waals surface area contributed by atoms with Crippen LogP contribution in [0.4, 0.5) is 11.4 Å². The molecule has 0 radical (unpaired) electrons. The van der Waals surface area contributed by atoms with E-state index >= 15 is 0 Å². The zero-order valence-electron chi connectivity index (χ0n) is 19.3. The Kier molecular flexibility index (Phi) is 8.77. The molecule has 13 heteroatoms. The molecule has 3 aromatic carbocycles. The lowest BCUT2D eigenvalue weighted by atomic mass is 10.1. The molecule has 0 atom stereocenters. The van der Waals surface area contributed by atoms with Gasteiger partial charge < -0.3 is 14.8 Å². The fourth-order valence-corrected chi connectivity index (χ4v) is 3.16. The predicted octanol–water partition coefficient (Wildman–Crippen LogP) is 4.61. The molecule has 2 amide bonds. The summed E-state index contributed by atoms with van der Waals surface area (Å²) in [6.07, 6.45) is 0. The summed E-state index contributed by atoms with van der Waals surface area (Å²) in [6.45, 7) is 1.58. The summed E-state index contributed by atoms with van der Waals surface area (Å²) in [5, 5.41) is 17.6. The number of hydrogen-bond acceptors (Lipinski definition) is 8. The number of nitro groups is 1. The number of benzene rings is 3. The maximum atomic E-state index is 12.4. The summed E-state index contributed by atoms with van der Waals surface area (Å²) < 4.78 is 10.6. The topological polar surface area (TPSA) is 149 Å². The average molecular weight is 545 g/mol. The van der Waals surface area contributed by atoms with Crippen molar-refractivity contribution in [2.45, 2.75) is 6.92 Å². The third-order valence-corrected chi connectivity index (χ3v) is 5.55. The molecule has 0 aliphatic rings. The summed E-state index contributed by atoms with van der Waals surface area (Å²) in [5.74, 6) is -2.46. The number of rotatable bonds is 7. The Labute approximate surface area is 220 Å². The van der Waals surface area contributed by atoms with Gasteiger partial charge in [0, 0.05) is 23.4 Å². The summed E-state index contributed by atoms with van der Waals surface area (Å²) in [7, 11) is 1.37. The zero-order chi connectivity index (χ0) is 27.1. The predicted molar refractivity (Wildman–Crippen MR) is 136 cm³/mol. The molecule has 3 aromatic rings. The number of methoxy groups -OCH3 is 1. The minimum atomic E-state index is -1.02. The molecule has 37 heavy (non-hydrogen) atoms. The molecule has 0 saturated heterocycles. The number of carbonyl (C=O) groups excluding carboxylic acids is 3. The molecule has 0 aliphatic carbocycles. The van der Waals surface area contributed by atoms with Gasteiger partial charge >= 0.3 is 17.8 Å². The van der Waals surface area contributed by atoms with Crippen molar-refractivity contribution in [1.29, 1.82) is 0 Å².